The number of rotatable bonds is 6. The van der Waals surface area contributed by atoms with Crippen LogP contribution in [0.25, 0.3) is 0 Å². The molecule has 0 spiro atoms. The molecule has 1 nitrogen and oxygen atoms in total. The van der Waals surface area contributed by atoms with Gasteiger partial charge < -0.3 is 5.32 Å². The molecule has 0 unspecified atom stereocenters. The highest BCUT2D eigenvalue weighted by atomic mass is 32.1. The summed E-state index contributed by atoms with van der Waals surface area (Å²) in [5.74, 6) is 0. The van der Waals surface area contributed by atoms with Gasteiger partial charge in [-0.2, -0.15) is 0 Å². The van der Waals surface area contributed by atoms with Crippen molar-refractivity contribution >= 4 is 11.3 Å². The zero-order chi connectivity index (χ0) is 10.7. The van der Waals surface area contributed by atoms with Crippen LogP contribution in [0.15, 0.2) is 17.5 Å². The lowest BCUT2D eigenvalue weighted by atomic mass is 9.85. The van der Waals surface area contributed by atoms with Crippen molar-refractivity contribution in [3.63, 3.8) is 0 Å². The Kier molecular flexibility index (Phi) is 3.47. The smallest absolute Gasteiger partial charge is 0.00682 e. The lowest BCUT2D eigenvalue weighted by Gasteiger charge is -2.24. The van der Waals surface area contributed by atoms with Crippen LogP contribution >= 0.6 is 11.3 Å². The summed E-state index contributed by atoms with van der Waals surface area (Å²) in [4.78, 5) is 1.52. The molecular formula is C13H21NS. The van der Waals surface area contributed by atoms with Crippen LogP contribution in [0.1, 0.15) is 38.0 Å². The highest BCUT2D eigenvalue weighted by molar-refractivity contribution is 7.09. The van der Waals surface area contributed by atoms with Crippen molar-refractivity contribution in [3.8, 4) is 0 Å². The second-order valence-electron chi connectivity index (χ2n) is 5.40. The maximum atomic E-state index is 3.60. The van der Waals surface area contributed by atoms with Crippen molar-refractivity contribution in [1.29, 1.82) is 0 Å². The van der Waals surface area contributed by atoms with E-state index in [-0.39, 0.29) is 0 Å². The van der Waals surface area contributed by atoms with E-state index < -0.39 is 0 Å². The fourth-order valence-corrected chi connectivity index (χ4v) is 2.84. The molecule has 1 heterocycles. The molecule has 1 aromatic rings. The van der Waals surface area contributed by atoms with Gasteiger partial charge in [0, 0.05) is 10.9 Å². The van der Waals surface area contributed by atoms with Crippen molar-refractivity contribution in [2.75, 3.05) is 6.54 Å². The van der Waals surface area contributed by atoms with Gasteiger partial charge in [0.1, 0.15) is 0 Å². The van der Waals surface area contributed by atoms with Crippen LogP contribution < -0.4 is 5.32 Å². The Balaban J connectivity index is 1.72. The zero-order valence-electron chi connectivity index (χ0n) is 9.75. The zero-order valence-corrected chi connectivity index (χ0v) is 10.6. The normalized spacial score (nSPS) is 16.9. The fraction of sp³-hybridized carbons (Fsp3) is 0.692. The van der Waals surface area contributed by atoms with Crippen molar-refractivity contribution in [3.05, 3.63) is 22.4 Å². The van der Waals surface area contributed by atoms with E-state index in [4.69, 9.17) is 0 Å². The Morgan fingerprint density at radius 2 is 2.27 bits per heavy atom. The Bertz CT molecular complexity index is 285. The lowest BCUT2D eigenvalue weighted by molar-refractivity contribution is 0.327. The van der Waals surface area contributed by atoms with E-state index in [0.29, 0.717) is 5.41 Å². The summed E-state index contributed by atoms with van der Waals surface area (Å²) >= 11 is 1.88. The van der Waals surface area contributed by atoms with Crippen molar-refractivity contribution in [2.24, 2.45) is 5.41 Å². The summed E-state index contributed by atoms with van der Waals surface area (Å²) in [6.07, 6.45) is 5.29. The largest absolute Gasteiger partial charge is 0.314 e. The monoisotopic (exact) mass is 223 g/mol. The van der Waals surface area contributed by atoms with Gasteiger partial charge in [0.25, 0.3) is 0 Å². The molecule has 1 fully saturated rings. The molecule has 2 rings (SSSR count). The van der Waals surface area contributed by atoms with Crippen molar-refractivity contribution in [2.45, 2.75) is 45.6 Å². The first-order valence-electron chi connectivity index (χ1n) is 5.91. The van der Waals surface area contributed by atoms with Crippen LogP contribution in [-0.4, -0.2) is 12.6 Å². The van der Waals surface area contributed by atoms with E-state index in [9.17, 15) is 0 Å². The van der Waals surface area contributed by atoms with E-state index in [1.165, 1.54) is 37.1 Å². The van der Waals surface area contributed by atoms with E-state index in [0.717, 1.165) is 6.04 Å². The molecule has 1 saturated carbocycles. The van der Waals surface area contributed by atoms with Gasteiger partial charge in [-0.3, -0.25) is 0 Å². The fourth-order valence-electron chi connectivity index (χ4n) is 1.88. The van der Waals surface area contributed by atoms with Crippen LogP contribution in [0, 0.1) is 5.41 Å². The maximum absolute atomic E-state index is 3.60. The van der Waals surface area contributed by atoms with Gasteiger partial charge in [-0.15, -0.1) is 11.3 Å². The first kappa shape index (κ1) is 11.2. The van der Waals surface area contributed by atoms with Gasteiger partial charge in [-0.25, -0.2) is 0 Å². The van der Waals surface area contributed by atoms with Crippen LogP contribution in [0.2, 0.25) is 0 Å². The van der Waals surface area contributed by atoms with E-state index in [1.54, 1.807) is 0 Å². The average molecular weight is 223 g/mol. The highest BCUT2D eigenvalue weighted by Gasteiger charge is 2.23. The minimum Gasteiger partial charge on any atom is -0.314 e. The predicted octanol–water partition coefficient (Wildman–Crippen LogP) is 3.46. The molecule has 0 radical (unpaired) electrons. The van der Waals surface area contributed by atoms with E-state index in [2.05, 4.69) is 36.7 Å². The van der Waals surface area contributed by atoms with Crippen LogP contribution in [0.4, 0.5) is 0 Å². The van der Waals surface area contributed by atoms with Crippen molar-refractivity contribution < 1.29 is 0 Å². The minimum absolute atomic E-state index is 0.437. The topological polar surface area (TPSA) is 12.0 Å². The number of thiophene rings is 1. The Morgan fingerprint density at radius 1 is 1.47 bits per heavy atom. The van der Waals surface area contributed by atoms with E-state index in [1.807, 2.05) is 11.3 Å². The molecule has 0 aliphatic heterocycles. The SMILES string of the molecule is CC(C)(CCNC1CC1)Cc1cccs1. The first-order chi connectivity index (χ1) is 7.16. The lowest BCUT2D eigenvalue weighted by Crippen LogP contribution is -2.25. The summed E-state index contributed by atoms with van der Waals surface area (Å²) in [5, 5.41) is 5.77. The number of hydrogen-bond acceptors (Lipinski definition) is 2. The third-order valence-corrected chi connectivity index (χ3v) is 3.92. The predicted molar refractivity (Wildman–Crippen MR) is 67.4 cm³/mol. The molecule has 1 aliphatic carbocycles. The van der Waals surface area contributed by atoms with Gasteiger partial charge in [-0.05, 0) is 49.1 Å². The summed E-state index contributed by atoms with van der Waals surface area (Å²) < 4.78 is 0. The Hall–Kier alpha value is -0.340. The molecule has 1 aliphatic rings. The van der Waals surface area contributed by atoms with Gasteiger partial charge >= 0.3 is 0 Å². The maximum Gasteiger partial charge on any atom is 0.00682 e. The molecule has 84 valence electrons. The van der Waals surface area contributed by atoms with Gasteiger partial charge in [0.15, 0.2) is 0 Å². The summed E-state index contributed by atoms with van der Waals surface area (Å²) in [5.41, 5.74) is 0.437. The molecule has 0 amide bonds. The van der Waals surface area contributed by atoms with Gasteiger partial charge in [0.05, 0.1) is 0 Å². The first-order valence-corrected chi connectivity index (χ1v) is 6.79. The van der Waals surface area contributed by atoms with Crippen LogP contribution in [0.3, 0.4) is 0 Å². The molecule has 1 N–H and O–H groups in total. The second kappa shape index (κ2) is 4.67. The standard InChI is InChI=1S/C13H21NS/c1-13(2,7-8-14-11-5-6-11)10-12-4-3-9-15-12/h3-4,9,11,14H,5-8,10H2,1-2H3. The molecule has 0 atom stereocenters. The van der Waals surface area contributed by atoms with Crippen molar-refractivity contribution in [1.82, 2.24) is 5.32 Å². The van der Waals surface area contributed by atoms with Gasteiger partial charge in [0.2, 0.25) is 0 Å². The van der Waals surface area contributed by atoms with Crippen LogP contribution in [-0.2, 0) is 6.42 Å². The Morgan fingerprint density at radius 3 is 2.87 bits per heavy atom. The van der Waals surface area contributed by atoms with E-state index >= 15 is 0 Å². The third-order valence-electron chi connectivity index (χ3n) is 3.05. The number of nitrogens with one attached hydrogen (secondary N) is 1. The summed E-state index contributed by atoms with van der Waals surface area (Å²) in [7, 11) is 0. The summed E-state index contributed by atoms with van der Waals surface area (Å²) in [6.45, 7) is 5.94. The molecule has 0 aromatic carbocycles. The number of hydrogen-bond donors (Lipinski definition) is 1. The molecular weight excluding hydrogens is 202 g/mol. The third kappa shape index (κ3) is 3.96. The average Bonchev–Trinajstić information content (AvgIpc) is 2.83. The molecule has 2 heteroatoms. The minimum atomic E-state index is 0.437. The molecule has 15 heavy (non-hydrogen) atoms. The highest BCUT2D eigenvalue weighted by Crippen LogP contribution is 2.28. The summed E-state index contributed by atoms with van der Waals surface area (Å²) in [6, 6.07) is 5.25. The molecule has 0 saturated heterocycles. The quantitative estimate of drug-likeness (QED) is 0.779. The molecule has 1 aromatic heterocycles. The second-order valence-corrected chi connectivity index (χ2v) is 6.43. The van der Waals surface area contributed by atoms with Crippen LogP contribution in [0.5, 0.6) is 0 Å². The van der Waals surface area contributed by atoms with Gasteiger partial charge in [-0.1, -0.05) is 19.9 Å². The Labute approximate surface area is 96.9 Å². The molecule has 0 bridgehead atoms.